The molecular formula is C24H14O2. The molecule has 0 N–H and O–H groups in total. The molecule has 4 aromatic rings. The van der Waals surface area contributed by atoms with Crippen LogP contribution in [0, 0.1) is 0 Å². The minimum atomic E-state index is -0.409. The standard InChI is InChI=1S/C24H14O2/c25-23-20-13-17(15-7-3-1-4-8-15)11-19-12-18(16-9-5-2-6-10-16)14-21(22(19)20)24(23)26/h1-14H. The van der Waals surface area contributed by atoms with Gasteiger partial charge in [-0.2, -0.15) is 0 Å². The number of carbonyl (C=O) groups excluding carboxylic acids is 2. The van der Waals surface area contributed by atoms with Crippen molar-refractivity contribution in [3.8, 4) is 22.3 Å². The number of Topliss-reactive ketones (excluding diaryl/α,β-unsaturated/α-hetero) is 2. The summed E-state index contributed by atoms with van der Waals surface area (Å²) >= 11 is 0. The first-order valence-corrected chi connectivity index (χ1v) is 8.54. The molecule has 0 radical (unpaired) electrons. The van der Waals surface area contributed by atoms with Gasteiger partial charge in [0.25, 0.3) is 0 Å². The third kappa shape index (κ3) is 2.12. The van der Waals surface area contributed by atoms with E-state index in [1.807, 2.05) is 72.8 Å². The molecule has 0 unspecified atom stereocenters. The van der Waals surface area contributed by atoms with Gasteiger partial charge in [0.2, 0.25) is 11.6 Å². The molecule has 26 heavy (non-hydrogen) atoms. The molecule has 0 saturated carbocycles. The first-order chi connectivity index (χ1) is 12.7. The van der Waals surface area contributed by atoms with Crippen LogP contribution in [0.2, 0.25) is 0 Å². The maximum absolute atomic E-state index is 12.6. The summed E-state index contributed by atoms with van der Waals surface area (Å²) in [6.45, 7) is 0. The van der Waals surface area contributed by atoms with E-state index in [9.17, 15) is 9.59 Å². The van der Waals surface area contributed by atoms with E-state index in [1.165, 1.54) is 0 Å². The van der Waals surface area contributed by atoms with Crippen molar-refractivity contribution >= 4 is 22.3 Å². The fourth-order valence-corrected chi connectivity index (χ4v) is 3.71. The second-order valence-electron chi connectivity index (χ2n) is 6.54. The second kappa shape index (κ2) is 5.50. The average molecular weight is 334 g/mol. The molecule has 2 nitrogen and oxygen atoms in total. The van der Waals surface area contributed by atoms with Crippen LogP contribution in [0.15, 0.2) is 84.9 Å². The van der Waals surface area contributed by atoms with Gasteiger partial charge in [0.15, 0.2) is 0 Å². The van der Waals surface area contributed by atoms with Crippen LogP contribution in [0.3, 0.4) is 0 Å². The Balaban J connectivity index is 1.83. The van der Waals surface area contributed by atoms with E-state index in [1.54, 1.807) is 0 Å². The summed E-state index contributed by atoms with van der Waals surface area (Å²) in [4.78, 5) is 25.1. The highest BCUT2D eigenvalue weighted by Crippen LogP contribution is 2.38. The highest BCUT2D eigenvalue weighted by atomic mass is 16.2. The minimum Gasteiger partial charge on any atom is -0.285 e. The zero-order valence-electron chi connectivity index (χ0n) is 13.9. The van der Waals surface area contributed by atoms with Crippen LogP contribution in [0.1, 0.15) is 20.7 Å². The van der Waals surface area contributed by atoms with Gasteiger partial charge in [-0.3, -0.25) is 9.59 Å². The molecule has 1 aliphatic rings. The molecule has 0 spiro atoms. The highest BCUT2D eigenvalue weighted by Gasteiger charge is 2.31. The minimum absolute atomic E-state index is 0.409. The maximum atomic E-state index is 12.6. The Kier molecular flexibility index (Phi) is 3.13. The van der Waals surface area contributed by atoms with Crippen molar-refractivity contribution in [3.63, 3.8) is 0 Å². The molecule has 0 fully saturated rings. The lowest BCUT2D eigenvalue weighted by Gasteiger charge is -2.09. The summed E-state index contributed by atoms with van der Waals surface area (Å²) in [7, 11) is 0. The summed E-state index contributed by atoms with van der Waals surface area (Å²) < 4.78 is 0. The lowest BCUT2D eigenvalue weighted by molar-refractivity contribution is 0.0825. The smallest absolute Gasteiger partial charge is 0.234 e. The van der Waals surface area contributed by atoms with Gasteiger partial charge in [0.05, 0.1) is 0 Å². The maximum Gasteiger partial charge on any atom is 0.234 e. The van der Waals surface area contributed by atoms with E-state index in [0.717, 1.165) is 33.0 Å². The quantitative estimate of drug-likeness (QED) is 0.450. The SMILES string of the molecule is O=C1C(=O)c2cc(-c3ccccc3)cc3cc(-c4ccccc4)cc1c23. The molecule has 0 aromatic heterocycles. The Hall–Kier alpha value is -3.52. The number of ketones is 2. The predicted octanol–water partition coefficient (Wildman–Crippen LogP) is 5.55. The van der Waals surface area contributed by atoms with Crippen molar-refractivity contribution in [1.82, 2.24) is 0 Å². The largest absolute Gasteiger partial charge is 0.285 e. The molecule has 0 heterocycles. The number of benzene rings is 4. The van der Waals surface area contributed by atoms with E-state index >= 15 is 0 Å². The van der Waals surface area contributed by atoms with Gasteiger partial charge < -0.3 is 0 Å². The fraction of sp³-hybridized carbons (Fsp3) is 0. The van der Waals surface area contributed by atoms with Gasteiger partial charge in [0, 0.05) is 16.5 Å². The molecule has 0 bridgehead atoms. The first-order valence-electron chi connectivity index (χ1n) is 8.54. The van der Waals surface area contributed by atoms with Crippen molar-refractivity contribution in [3.05, 3.63) is 96.1 Å². The van der Waals surface area contributed by atoms with Crippen molar-refractivity contribution < 1.29 is 9.59 Å². The first kappa shape index (κ1) is 14.8. The zero-order chi connectivity index (χ0) is 17.7. The topological polar surface area (TPSA) is 34.1 Å². The number of hydrogen-bond donors (Lipinski definition) is 0. The van der Waals surface area contributed by atoms with Crippen molar-refractivity contribution in [1.29, 1.82) is 0 Å². The van der Waals surface area contributed by atoms with Gasteiger partial charge in [-0.05, 0) is 51.9 Å². The van der Waals surface area contributed by atoms with E-state index < -0.39 is 11.6 Å². The lowest BCUT2D eigenvalue weighted by atomic mass is 9.94. The van der Waals surface area contributed by atoms with Gasteiger partial charge in [-0.25, -0.2) is 0 Å². The van der Waals surface area contributed by atoms with E-state index in [0.29, 0.717) is 11.1 Å². The number of carbonyl (C=O) groups is 2. The van der Waals surface area contributed by atoms with Crippen LogP contribution < -0.4 is 0 Å². The Bertz CT molecular complexity index is 1100. The molecule has 2 heteroatoms. The highest BCUT2D eigenvalue weighted by molar-refractivity contribution is 6.57. The summed E-state index contributed by atoms with van der Waals surface area (Å²) in [6, 6.07) is 27.7. The Labute approximate surface area is 150 Å². The van der Waals surface area contributed by atoms with Crippen molar-refractivity contribution in [2.75, 3.05) is 0 Å². The van der Waals surface area contributed by atoms with Crippen LogP contribution in [0.25, 0.3) is 33.0 Å². The van der Waals surface area contributed by atoms with Crippen molar-refractivity contribution in [2.24, 2.45) is 0 Å². The van der Waals surface area contributed by atoms with Gasteiger partial charge in [-0.15, -0.1) is 0 Å². The number of rotatable bonds is 2. The normalized spacial score (nSPS) is 12.8. The van der Waals surface area contributed by atoms with Crippen LogP contribution in [0.4, 0.5) is 0 Å². The Morgan fingerprint density at radius 2 is 0.885 bits per heavy atom. The van der Waals surface area contributed by atoms with Gasteiger partial charge in [-0.1, -0.05) is 60.7 Å². The fourth-order valence-electron chi connectivity index (χ4n) is 3.71. The molecule has 0 atom stereocenters. The summed E-state index contributed by atoms with van der Waals surface area (Å²) in [5.41, 5.74) is 5.00. The molecular weight excluding hydrogens is 320 g/mol. The second-order valence-corrected chi connectivity index (χ2v) is 6.54. The van der Waals surface area contributed by atoms with Crippen molar-refractivity contribution in [2.45, 2.75) is 0 Å². The summed E-state index contributed by atoms with van der Waals surface area (Å²) in [5, 5.41) is 1.70. The molecule has 1 aliphatic carbocycles. The van der Waals surface area contributed by atoms with E-state index in [2.05, 4.69) is 12.1 Å². The van der Waals surface area contributed by atoms with E-state index in [-0.39, 0.29) is 0 Å². The predicted molar refractivity (Wildman–Crippen MR) is 103 cm³/mol. The third-order valence-corrected chi connectivity index (χ3v) is 4.96. The molecule has 4 aromatic carbocycles. The van der Waals surface area contributed by atoms with Crippen LogP contribution in [0.5, 0.6) is 0 Å². The van der Waals surface area contributed by atoms with Crippen LogP contribution >= 0.6 is 0 Å². The zero-order valence-corrected chi connectivity index (χ0v) is 13.9. The van der Waals surface area contributed by atoms with E-state index in [4.69, 9.17) is 0 Å². The summed E-state index contributed by atoms with van der Waals surface area (Å²) in [5.74, 6) is -0.819. The molecule has 5 rings (SSSR count). The van der Waals surface area contributed by atoms with Gasteiger partial charge in [0.1, 0.15) is 0 Å². The molecule has 0 saturated heterocycles. The monoisotopic (exact) mass is 334 g/mol. The molecule has 0 aliphatic heterocycles. The third-order valence-electron chi connectivity index (χ3n) is 4.96. The van der Waals surface area contributed by atoms with Crippen LogP contribution in [-0.2, 0) is 0 Å². The number of hydrogen-bond acceptors (Lipinski definition) is 2. The Morgan fingerprint density at radius 1 is 0.462 bits per heavy atom. The Morgan fingerprint density at radius 3 is 1.31 bits per heavy atom. The van der Waals surface area contributed by atoms with Gasteiger partial charge >= 0.3 is 0 Å². The molecule has 0 amide bonds. The average Bonchev–Trinajstić information content (AvgIpc) is 2.95. The molecule has 122 valence electrons. The van der Waals surface area contributed by atoms with Crippen LogP contribution in [-0.4, -0.2) is 11.6 Å². The summed E-state index contributed by atoms with van der Waals surface area (Å²) in [6.07, 6.45) is 0. The lowest BCUT2D eigenvalue weighted by Crippen LogP contribution is -2.06.